The molecule has 2 aromatic heterocycles. The van der Waals surface area contributed by atoms with Crippen LogP contribution in [-0.2, 0) is 11.0 Å². The van der Waals surface area contributed by atoms with E-state index in [0.29, 0.717) is 30.5 Å². The molecule has 3 aromatic rings. The fourth-order valence-electron chi connectivity index (χ4n) is 4.51. The molecule has 36 heavy (non-hydrogen) atoms. The van der Waals surface area contributed by atoms with Crippen molar-refractivity contribution in [3.63, 3.8) is 0 Å². The van der Waals surface area contributed by atoms with E-state index >= 15 is 0 Å². The van der Waals surface area contributed by atoms with Crippen LogP contribution in [0.1, 0.15) is 40.9 Å². The second-order valence-corrected chi connectivity index (χ2v) is 10.7. The molecule has 6 nitrogen and oxygen atoms in total. The summed E-state index contributed by atoms with van der Waals surface area (Å²) in [5.74, 6) is -0.0149. The summed E-state index contributed by atoms with van der Waals surface area (Å²) in [5, 5.41) is 3.93. The van der Waals surface area contributed by atoms with Crippen molar-refractivity contribution < 1.29 is 22.8 Å². The Kier molecular flexibility index (Phi) is 6.86. The first-order valence-corrected chi connectivity index (χ1v) is 13.1. The molecular formula is C25H22BrF3N4O2S. The van der Waals surface area contributed by atoms with Gasteiger partial charge in [-0.15, -0.1) is 0 Å². The summed E-state index contributed by atoms with van der Waals surface area (Å²) in [4.78, 5) is 32.2. The number of pyridine rings is 1. The first-order valence-electron chi connectivity index (χ1n) is 11.5. The van der Waals surface area contributed by atoms with Crippen LogP contribution in [0.2, 0.25) is 0 Å². The van der Waals surface area contributed by atoms with Gasteiger partial charge in [-0.25, -0.2) is 4.98 Å². The van der Waals surface area contributed by atoms with Gasteiger partial charge in [0.15, 0.2) is 5.65 Å². The molecule has 2 aliphatic rings. The zero-order valence-electron chi connectivity index (χ0n) is 19.0. The Bertz CT molecular complexity index is 1350. The number of nitrogens with one attached hydrogen (secondary N) is 1. The molecule has 11 heteroatoms. The molecule has 0 aliphatic carbocycles. The largest absolute Gasteiger partial charge is 0.416 e. The van der Waals surface area contributed by atoms with Gasteiger partial charge >= 0.3 is 6.18 Å². The van der Waals surface area contributed by atoms with Crippen molar-refractivity contribution in [1.29, 1.82) is 0 Å². The van der Waals surface area contributed by atoms with Gasteiger partial charge in [0, 0.05) is 25.2 Å². The van der Waals surface area contributed by atoms with Crippen LogP contribution in [0.5, 0.6) is 0 Å². The highest BCUT2D eigenvalue weighted by molar-refractivity contribution is 9.10. The molecule has 0 atom stereocenters. The number of carbonyl (C=O) groups is 2. The van der Waals surface area contributed by atoms with Gasteiger partial charge < -0.3 is 10.2 Å². The normalized spacial score (nSPS) is 16.2. The average molecular weight is 579 g/mol. The summed E-state index contributed by atoms with van der Waals surface area (Å²) in [7, 11) is 0. The van der Waals surface area contributed by atoms with E-state index in [1.54, 1.807) is 11.1 Å². The van der Waals surface area contributed by atoms with Crippen molar-refractivity contribution >= 4 is 51.2 Å². The van der Waals surface area contributed by atoms with Gasteiger partial charge in [-0.3, -0.25) is 14.0 Å². The Morgan fingerprint density at radius 3 is 2.53 bits per heavy atom. The summed E-state index contributed by atoms with van der Waals surface area (Å²) in [5.41, 5.74) is 1.17. The van der Waals surface area contributed by atoms with Gasteiger partial charge in [-0.1, -0.05) is 11.8 Å². The Balaban J connectivity index is 1.09. The number of alkyl halides is 3. The minimum atomic E-state index is -4.42. The molecule has 188 valence electrons. The molecule has 2 aliphatic heterocycles. The molecule has 1 fully saturated rings. The molecule has 0 bridgehead atoms. The second-order valence-electron chi connectivity index (χ2n) is 8.83. The Morgan fingerprint density at radius 1 is 1.11 bits per heavy atom. The lowest BCUT2D eigenvalue weighted by Crippen LogP contribution is -2.39. The predicted molar refractivity (Wildman–Crippen MR) is 134 cm³/mol. The molecule has 0 unspecified atom stereocenters. The van der Waals surface area contributed by atoms with Crippen LogP contribution in [-0.4, -0.2) is 45.7 Å². The Hall–Kier alpha value is -2.79. The van der Waals surface area contributed by atoms with Gasteiger partial charge in [0.2, 0.25) is 0 Å². The van der Waals surface area contributed by atoms with Gasteiger partial charge in [-0.2, -0.15) is 13.2 Å². The monoisotopic (exact) mass is 578 g/mol. The van der Waals surface area contributed by atoms with Crippen LogP contribution in [0, 0.1) is 5.92 Å². The maximum atomic E-state index is 12.8. The molecule has 4 heterocycles. The zero-order chi connectivity index (χ0) is 25.4. The van der Waals surface area contributed by atoms with Gasteiger partial charge in [-0.05, 0) is 83.6 Å². The zero-order valence-corrected chi connectivity index (χ0v) is 21.4. The highest BCUT2D eigenvalue weighted by Gasteiger charge is 2.31. The Labute approximate surface area is 218 Å². The van der Waals surface area contributed by atoms with E-state index in [0.717, 1.165) is 52.2 Å². The predicted octanol–water partition coefficient (Wildman–Crippen LogP) is 5.62. The maximum Gasteiger partial charge on any atom is 0.416 e. The van der Waals surface area contributed by atoms with Crippen LogP contribution in [0.15, 0.2) is 57.0 Å². The maximum absolute atomic E-state index is 12.8. The van der Waals surface area contributed by atoms with Crippen molar-refractivity contribution in [3.8, 4) is 0 Å². The minimum Gasteiger partial charge on any atom is -0.352 e. The molecule has 1 aromatic carbocycles. The van der Waals surface area contributed by atoms with E-state index in [1.165, 1.54) is 23.9 Å². The third-order valence-electron chi connectivity index (χ3n) is 6.51. The average Bonchev–Trinajstić information content (AvgIpc) is 3.31. The third kappa shape index (κ3) is 5.04. The highest BCUT2D eigenvalue weighted by Crippen LogP contribution is 2.36. The van der Waals surface area contributed by atoms with Gasteiger partial charge in [0.1, 0.15) is 0 Å². The topological polar surface area (TPSA) is 66.7 Å². The molecule has 1 N–H and O–H groups in total. The van der Waals surface area contributed by atoms with Crippen LogP contribution >= 0.6 is 27.7 Å². The standard InChI is InChI=1S/C25H22BrF3N4O2S/c26-19-5-6-21-33-18(14-31-22(19)33)13-20(36-21)23(34)30-10-7-15-8-11-32(12-9-15)24(35)16-1-3-17(4-2-16)25(27,28)29/h1-6,13-15H,7-12H2,(H,30,34). The number of hydrogen-bond donors (Lipinski definition) is 1. The molecular weight excluding hydrogens is 557 g/mol. The van der Waals surface area contributed by atoms with Crippen molar-refractivity contribution in [2.45, 2.75) is 30.5 Å². The van der Waals surface area contributed by atoms with E-state index in [4.69, 9.17) is 0 Å². The van der Waals surface area contributed by atoms with Crippen molar-refractivity contribution in [2.24, 2.45) is 5.92 Å². The third-order valence-corrected chi connectivity index (χ3v) is 8.18. The number of imidazole rings is 1. The fourth-order valence-corrected chi connectivity index (χ4v) is 5.92. The smallest absolute Gasteiger partial charge is 0.352 e. The molecule has 2 amide bonds. The summed E-state index contributed by atoms with van der Waals surface area (Å²) >= 11 is 4.90. The van der Waals surface area contributed by atoms with Crippen molar-refractivity contribution in [1.82, 2.24) is 19.6 Å². The number of carbonyl (C=O) groups excluding carboxylic acids is 2. The number of hydrogen-bond acceptors (Lipinski definition) is 4. The quantitative estimate of drug-likeness (QED) is 0.426. The van der Waals surface area contributed by atoms with Crippen LogP contribution in [0.25, 0.3) is 11.7 Å². The second kappa shape index (κ2) is 9.93. The summed E-state index contributed by atoms with van der Waals surface area (Å²) in [6, 6.07) is 8.22. The number of benzene rings is 1. The molecule has 0 radical (unpaired) electrons. The van der Waals surface area contributed by atoms with E-state index in [1.807, 2.05) is 22.6 Å². The molecule has 1 saturated heterocycles. The highest BCUT2D eigenvalue weighted by atomic mass is 79.9. The molecule has 5 rings (SSSR count). The minimum absolute atomic E-state index is 0.126. The van der Waals surface area contributed by atoms with E-state index in [9.17, 15) is 22.8 Å². The summed E-state index contributed by atoms with van der Waals surface area (Å²) in [6.07, 6.45) is 1.54. The fraction of sp³-hybridized carbons (Fsp3) is 0.320. The number of rotatable bonds is 5. The molecule has 0 spiro atoms. The number of aromatic nitrogens is 2. The molecule has 0 saturated carbocycles. The number of nitrogens with zero attached hydrogens (tertiary/aromatic N) is 3. The number of piperidine rings is 1. The SMILES string of the molecule is O=C(NCCC1CCN(C(=O)c2ccc(C(F)(F)F)cc2)CC1)C1=Cc2cnc3c(Br)ccc(n23)S1. The lowest BCUT2D eigenvalue weighted by molar-refractivity contribution is -0.137. The first-order chi connectivity index (χ1) is 17.2. The van der Waals surface area contributed by atoms with Crippen LogP contribution < -0.4 is 5.32 Å². The van der Waals surface area contributed by atoms with Crippen LogP contribution in [0.4, 0.5) is 13.2 Å². The number of amides is 2. The van der Waals surface area contributed by atoms with Gasteiger partial charge in [0.05, 0.1) is 31.9 Å². The Morgan fingerprint density at radius 2 is 1.83 bits per heavy atom. The van der Waals surface area contributed by atoms with Crippen molar-refractivity contribution in [3.05, 3.63) is 68.8 Å². The lowest BCUT2D eigenvalue weighted by Gasteiger charge is -2.32. The van der Waals surface area contributed by atoms with Gasteiger partial charge in [0.25, 0.3) is 11.8 Å². The first kappa shape index (κ1) is 24.9. The number of thioether (sulfide) groups is 1. The number of halogens is 4. The van der Waals surface area contributed by atoms with Crippen molar-refractivity contribution in [2.75, 3.05) is 19.6 Å². The van der Waals surface area contributed by atoms with Crippen LogP contribution in [0.3, 0.4) is 0 Å². The summed E-state index contributed by atoms with van der Waals surface area (Å²) in [6.45, 7) is 1.62. The van der Waals surface area contributed by atoms with E-state index in [-0.39, 0.29) is 17.4 Å². The van der Waals surface area contributed by atoms with E-state index < -0.39 is 11.7 Å². The lowest BCUT2D eigenvalue weighted by atomic mass is 9.93. The number of likely N-dealkylation sites (tertiary alicyclic amines) is 1. The van der Waals surface area contributed by atoms with E-state index in [2.05, 4.69) is 26.2 Å². The summed E-state index contributed by atoms with van der Waals surface area (Å²) < 4.78 is 41.1.